The van der Waals surface area contributed by atoms with Crippen LogP contribution < -0.4 is 14.8 Å². The number of alkyl halides is 2. The van der Waals surface area contributed by atoms with Crippen molar-refractivity contribution >= 4 is 56.2 Å². The van der Waals surface area contributed by atoms with E-state index in [0.29, 0.717) is 5.56 Å². The number of ether oxygens (including phenoxy) is 1. The second-order valence-electron chi connectivity index (χ2n) is 4.33. The van der Waals surface area contributed by atoms with Gasteiger partial charge in [-0.1, -0.05) is 28.3 Å². The number of halogens is 2. The van der Waals surface area contributed by atoms with E-state index in [4.69, 9.17) is 33.5 Å². The summed E-state index contributed by atoms with van der Waals surface area (Å²) in [5.41, 5.74) is 9.06. The predicted octanol–water partition coefficient (Wildman–Crippen LogP) is 3.06. The standard InChI is InChI=1S/C11H13Cl2N5O4S/c1-5-8(17-23(3,20)21)6(16-18-14)4-7(9(5)22-2)15-11(19)10(12)13/h4,10,17H,1-3H3,(H,15,19). The number of carbonyl (C=O) groups is 1. The van der Waals surface area contributed by atoms with Gasteiger partial charge in [-0.3, -0.25) is 9.52 Å². The number of amides is 1. The van der Waals surface area contributed by atoms with E-state index in [9.17, 15) is 13.2 Å². The van der Waals surface area contributed by atoms with Gasteiger partial charge in [0.1, 0.15) is 5.75 Å². The molecule has 0 aromatic heterocycles. The first-order chi connectivity index (χ1) is 10.6. The monoisotopic (exact) mass is 381 g/mol. The number of rotatable bonds is 6. The fraction of sp³-hybridized carbons (Fsp3) is 0.364. The minimum absolute atomic E-state index is 0.0356. The molecule has 0 unspecified atom stereocenters. The molecule has 0 saturated carbocycles. The van der Waals surface area contributed by atoms with Crippen molar-refractivity contribution in [1.29, 1.82) is 0 Å². The van der Waals surface area contributed by atoms with Gasteiger partial charge >= 0.3 is 0 Å². The smallest absolute Gasteiger partial charge is 0.257 e. The molecule has 0 bridgehead atoms. The summed E-state index contributed by atoms with van der Waals surface area (Å²) < 4.78 is 30.4. The van der Waals surface area contributed by atoms with Gasteiger partial charge in [0.2, 0.25) is 10.0 Å². The number of methoxy groups -OCH3 is 1. The molecule has 0 radical (unpaired) electrons. The van der Waals surface area contributed by atoms with Crippen LogP contribution in [-0.4, -0.2) is 32.5 Å². The van der Waals surface area contributed by atoms with Gasteiger partial charge < -0.3 is 10.1 Å². The number of benzene rings is 1. The molecule has 0 heterocycles. The van der Waals surface area contributed by atoms with E-state index in [-0.39, 0.29) is 22.8 Å². The molecule has 23 heavy (non-hydrogen) atoms. The van der Waals surface area contributed by atoms with Crippen molar-refractivity contribution in [1.82, 2.24) is 0 Å². The third kappa shape index (κ3) is 5.07. The van der Waals surface area contributed by atoms with E-state index >= 15 is 0 Å². The van der Waals surface area contributed by atoms with Crippen LogP contribution in [0.15, 0.2) is 11.2 Å². The largest absolute Gasteiger partial charge is 0.494 e. The highest BCUT2D eigenvalue weighted by Crippen LogP contribution is 2.41. The number of nitrogens with one attached hydrogen (secondary N) is 2. The minimum atomic E-state index is -3.63. The van der Waals surface area contributed by atoms with Crippen LogP contribution >= 0.6 is 23.2 Å². The number of nitrogens with zero attached hydrogens (tertiary/aromatic N) is 3. The lowest BCUT2D eigenvalue weighted by molar-refractivity contribution is -0.114. The van der Waals surface area contributed by atoms with Crippen molar-refractivity contribution in [3.63, 3.8) is 0 Å². The predicted molar refractivity (Wildman–Crippen MR) is 89.1 cm³/mol. The Hall–Kier alpha value is -1.87. The molecule has 2 N–H and O–H groups in total. The Morgan fingerprint density at radius 2 is 2.09 bits per heavy atom. The molecule has 1 aromatic rings. The van der Waals surface area contributed by atoms with Crippen LogP contribution in [0, 0.1) is 6.92 Å². The zero-order valence-corrected chi connectivity index (χ0v) is 14.6. The van der Waals surface area contributed by atoms with Crippen LogP contribution in [0.1, 0.15) is 5.56 Å². The molecule has 126 valence electrons. The minimum Gasteiger partial charge on any atom is -0.494 e. The summed E-state index contributed by atoms with van der Waals surface area (Å²) in [6.45, 7) is 1.53. The molecular weight excluding hydrogens is 369 g/mol. The second-order valence-corrected chi connectivity index (χ2v) is 7.17. The van der Waals surface area contributed by atoms with Gasteiger partial charge in [-0.15, -0.1) is 0 Å². The molecule has 12 heteroatoms. The van der Waals surface area contributed by atoms with E-state index in [1.165, 1.54) is 20.1 Å². The summed E-state index contributed by atoms with van der Waals surface area (Å²) in [4.78, 5) is 12.9. The van der Waals surface area contributed by atoms with Crippen LogP contribution in [0.25, 0.3) is 10.4 Å². The first-order valence-corrected chi connectivity index (χ1v) is 8.70. The van der Waals surface area contributed by atoms with Crippen molar-refractivity contribution in [2.75, 3.05) is 23.4 Å². The summed E-state index contributed by atoms with van der Waals surface area (Å²) in [6.07, 6.45) is 0.945. The Morgan fingerprint density at radius 3 is 2.52 bits per heavy atom. The number of hydrogen-bond donors (Lipinski definition) is 2. The molecule has 9 nitrogen and oxygen atoms in total. The lowest BCUT2D eigenvalue weighted by Gasteiger charge is -2.18. The molecule has 0 aliphatic carbocycles. The molecule has 0 atom stereocenters. The average molecular weight is 382 g/mol. The number of azide groups is 1. The molecule has 0 saturated heterocycles. The molecule has 0 fully saturated rings. The maximum Gasteiger partial charge on any atom is 0.257 e. The first kappa shape index (κ1) is 19.2. The third-order valence-electron chi connectivity index (χ3n) is 2.60. The van der Waals surface area contributed by atoms with Gasteiger partial charge in [0, 0.05) is 10.5 Å². The summed E-state index contributed by atoms with van der Waals surface area (Å²) in [7, 11) is -2.31. The van der Waals surface area contributed by atoms with Crippen molar-refractivity contribution in [3.8, 4) is 5.75 Å². The highest BCUT2D eigenvalue weighted by atomic mass is 35.5. The molecule has 0 aliphatic rings. The van der Waals surface area contributed by atoms with Crippen molar-refractivity contribution < 1.29 is 17.9 Å². The van der Waals surface area contributed by atoms with Gasteiger partial charge in [-0.2, -0.15) is 0 Å². The summed E-state index contributed by atoms with van der Waals surface area (Å²) in [6, 6.07) is 1.24. The Morgan fingerprint density at radius 1 is 1.48 bits per heavy atom. The number of carbonyl (C=O) groups excluding carboxylic acids is 1. The molecule has 1 amide bonds. The van der Waals surface area contributed by atoms with Crippen LogP contribution in [-0.2, 0) is 14.8 Å². The zero-order chi connectivity index (χ0) is 17.8. The van der Waals surface area contributed by atoms with E-state index in [0.717, 1.165) is 6.26 Å². The average Bonchev–Trinajstić information content (AvgIpc) is 2.42. The third-order valence-corrected chi connectivity index (χ3v) is 3.57. The summed E-state index contributed by atoms with van der Waals surface area (Å²) in [5, 5.41) is 5.82. The van der Waals surface area contributed by atoms with E-state index in [1.54, 1.807) is 0 Å². The lowest BCUT2D eigenvalue weighted by atomic mass is 10.1. The van der Waals surface area contributed by atoms with E-state index in [2.05, 4.69) is 20.1 Å². The van der Waals surface area contributed by atoms with Gasteiger partial charge in [0.15, 0.2) is 4.84 Å². The fourth-order valence-corrected chi connectivity index (χ4v) is 2.50. The van der Waals surface area contributed by atoms with Crippen LogP contribution in [0.3, 0.4) is 0 Å². The Balaban J connectivity index is 3.57. The topological polar surface area (TPSA) is 133 Å². The highest BCUT2D eigenvalue weighted by Gasteiger charge is 2.21. The molecule has 1 aromatic carbocycles. The number of sulfonamides is 1. The van der Waals surface area contributed by atoms with Gasteiger partial charge in [-0.25, -0.2) is 8.42 Å². The van der Waals surface area contributed by atoms with Crippen LogP contribution in [0.4, 0.5) is 17.1 Å². The van der Waals surface area contributed by atoms with Crippen LogP contribution in [0.5, 0.6) is 5.75 Å². The van der Waals surface area contributed by atoms with Crippen molar-refractivity contribution in [2.24, 2.45) is 5.11 Å². The summed E-state index contributed by atoms with van der Waals surface area (Å²) >= 11 is 10.9. The Labute approximate surface area is 142 Å². The van der Waals surface area contributed by atoms with E-state index in [1.807, 2.05) is 0 Å². The molecule has 0 spiro atoms. The first-order valence-electron chi connectivity index (χ1n) is 5.94. The number of hydrogen-bond acceptors (Lipinski definition) is 5. The SMILES string of the molecule is COc1c(NC(=O)C(Cl)Cl)cc(N=[N+]=[N-])c(NS(C)(=O)=O)c1C. The van der Waals surface area contributed by atoms with Gasteiger partial charge in [0.05, 0.1) is 30.4 Å². The molecule has 1 rings (SSSR count). The number of anilines is 2. The fourth-order valence-electron chi connectivity index (χ4n) is 1.77. The quantitative estimate of drug-likeness (QED) is 0.338. The normalized spacial score (nSPS) is 10.9. The molecule has 0 aliphatic heterocycles. The van der Waals surface area contributed by atoms with Gasteiger partial charge in [-0.05, 0) is 18.5 Å². The maximum atomic E-state index is 11.6. The Kier molecular flexibility index (Phi) is 6.34. The van der Waals surface area contributed by atoms with Crippen molar-refractivity contribution in [3.05, 3.63) is 22.1 Å². The second kappa shape index (κ2) is 7.60. The van der Waals surface area contributed by atoms with E-state index < -0.39 is 20.8 Å². The molecular formula is C11H13Cl2N5O4S. The van der Waals surface area contributed by atoms with Crippen LogP contribution in [0.2, 0.25) is 0 Å². The Bertz CT molecular complexity index is 775. The van der Waals surface area contributed by atoms with Gasteiger partial charge in [0.25, 0.3) is 5.91 Å². The maximum absolute atomic E-state index is 11.6. The van der Waals surface area contributed by atoms with Crippen molar-refractivity contribution in [2.45, 2.75) is 11.8 Å². The highest BCUT2D eigenvalue weighted by molar-refractivity contribution is 7.92. The zero-order valence-electron chi connectivity index (χ0n) is 12.3. The summed E-state index contributed by atoms with van der Waals surface area (Å²) in [5.74, 6) is -0.558. The lowest BCUT2D eigenvalue weighted by Crippen LogP contribution is -2.19.